The van der Waals surface area contributed by atoms with Crippen LogP contribution in [0.1, 0.15) is 18.1 Å². The van der Waals surface area contributed by atoms with Crippen LogP contribution in [0, 0.1) is 6.92 Å². The second-order valence-corrected chi connectivity index (χ2v) is 5.29. The summed E-state index contributed by atoms with van der Waals surface area (Å²) in [5.41, 5.74) is 3.24. The molecular weight excluding hydrogens is 272 g/mol. The number of methoxy groups -OCH3 is 1. The molecule has 3 nitrogen and oxygen atoms in total. The number of benzene rings is 1. The molecule has 1 aromatic carbocycles. The molecule has 1 heterocycles. The lowest BCUT2D eigenvalue weighted by atomic mass is 10.1. The molecule has 20 heavy (non-hydrogen) atoms. The molecule has 1 aromatic heterocycles. The molecule has 0 saturated heterocycles. The molecule has 4 heteroatoms. The molecule has 0 aliphatic carbocycles. The summed E-state index contributed by atoms with van der Waals surface area (Å²) in [7, 11) is 1.68. The zero-order valence-electron chi connectivity index (χ0n) is 12.0. The summed E-state index contributed by atoms with van der Waals surface area (Å²) in [5, 5.41) is 3.99. The van der Waals surface area contributed by atoms with Crippen LogP contribution in [-0.2, 0) is 6.42 Å². The van der Waals surface area contributed by atoms with Crippen molar-refractivity contribution in [2.75, 3.05) is 12.4 Å². The van der Waals surface area contributed by atoms with E-state index >= 15 is 0 Å². The molecule has 1 unspecified atom stereocenters. The number of pyridine rings is 1. The summed E-state index contributed by atoms with van der Waals surface area (Å²) >= 11 is 5.92. The molecule has 106 valence electrons. The quantitative estimate of drug-likeness (QED) is 0.842. The van der Waals surface area contributed by atoms with E-state index in [1.807, 2.05) is 25.1 Å². The van der Waals surface area contributed by atoms with E-state index in [0.717, 1.165) is 23.4 Å². The number of aromatic nitrogens is 1. The zero-order chi connectivity index (χ0) is 14.5. The Labute approximate surface area is 124 Å². The van der Waals surface area contributed by atoms with Crippen LogP contribution >= 0.6 is 11.6 Å². The van der Waals surface area contributed by atoms with Gasteiger partial charge in [-0.25, -0.2) is 4.98 Å². The van der Waals surface area contributed by atoms with Crippen LogP contribution in [0.2, 0.25) is 5.15 Å². The Morgan fingerprint density at radius 2 is 2.00 bits per heavy atom. The van der Waals surface area contributed by atoms with Crippen molar-refractivity contribution in [3.05, 3.63) is 52.8 Å². The fraction of sp³-hybridized carbons (Fsp3) is 0.312. The number of ether oxygens (including phenoxy) is 1. The van der Waals surface area contributed by atoms with Crippen LogP contribution in [0.5, 0.6) is 5.75 Å². The molecule has 0 saturated carbocycles. The minimum Gasteiger partial charge on any atom is -0.497 e. The first-order valence-corrected chi connectivity index (χ1v) is 6.98. The van der Waals surface area contributed by atoms with Gasteiger partial charge in [-0.15, -0.1) is 0 Å². The Morgan fingerprint density at radius 1 is 1.30 bits per heavy atom. The first kappa shape index (κ1) is 14.7. The Morgan fingerprint density at radius 3 is 2.60 bits per heavy atom. The number of halogens is 1. The van der Waals surface area contributed by atoms with Gasteiger partial charge in [0.15, 0.2) is 0 Å². The molecule has 0 aliphatic heterocycles. The minimum absolute atomic E-state index is 0.311. The fourth-order valence-corrected chi connectivity index (χ4v) is 2.19. The molecular formula is C16H19ClN2O. The highest BCUT2D eigenvalue weighted by Gasteiger charge is 2.05. The van der Waals surface area contributed by atoms with E-state index in [2.05, 4.69) is 29.4 Å². The van der Waals surface area contributed by atoms with Gasteiger partial charge in [-0.3, -0.25) is 0 Å². The van der Waals surface area contributed by atoms with Crippen LogP contribution in [0.25, 0.3) is 0 Å². The first-order valence-electron chi connectivity index (χ1n) is 6.60. The topological polar surface area (TPSA) is 34.1 Å². The normalized spacial score (nSPS) is 12.0. The van der Waals surface area contributed by atoms with Crippen molar-refractivity contribution in [1.29, 1.82) is 0 Å². The van der Waals surface area contributed by atoms with E-state index in [1.54, 1.807) is 13.3 Å². The van der Waals surface area contributed by atoms with Gasteiger partial charge in [0.1, 0.15) is 10.9 Å². The van der Waals surface area contributed by atoms with Gasteiger partial charge in [-0.1, -0.05) is 23.7 Å². The van der Waals surface area contributed by atoms with Crippen LogP contribution in [0.15, 0.2) is 36.5 Å². The third kappa shape index (κ3) is 3.87. The molecule has 0 bridgehead atoms. The maximum absolute atomic E-state index is 5.92. The van der Waals surface area contributed by atoms with Gasteiger partial charge in [0, 0.05) is 6.04 Å². The number of hydrogen-bond donors (Lipinski definition) is 1. The number of nitrogens with zero attached hydrogens (tertiary/aromatic N) is 1. The molecule has 2 rings (SSSR count). The van der Waals surface area contributed by atoms with Crippen LogP contribution in [-0.4, -0.2) is 18.1 Å². The Kier molecular flexibility index (Phi) is 4.85. The zero-order valence-corrected chi connectivity index (χ0v) is 12.7. The van der Waals surface area contributed by atoms with E-state index in [-0.39, 0.29) is 0 Å². The summed E-state index contributed by atoms with van der Waals surface area (Å²) < 4.78 is 5.16. The molecule has 2 aromatic rings. The van der Waals surface area contributed by atoms with E-state index in [4.69, 9.17) is 16.3 Å². The van der Waals surface area contributed by atoms with Gasteiger partial charge >= 0.3 is 0 Å². The van der Waals surface area contributed by atoms with Gasteiger partial charge in [0.2, 0.25) is 0 Å². The number of hydrogen-bond acceptors (Lipinski definition) is 3. The highest BCUT2D eigenvalue weighted by atomic mass is 35.5. The third-order valence-corrected chi connectivity index (χ3v) is 3.52. The second-order valence-electron chi connectivity index (χ2n) is 4.93. The van der Waals surface area contributed by atoms with Crippen molar-refractivity contribution in [2.24, 2.45) is 0 Å². The van der Waals surface area contributed by atoms with Gasteiger partial charge < -0.3 is 10.1 Å². The summed E-state index contributed by atoms with van der Waals surface area (Å²) in [4.78, 5) is 4.15. The minimum atomic E-state index is 0.311. The molecule has 1 atom stereocenters. The smallest absolute Gasteiger partial charge is 0.132 e. The van der Waals surface area contributed by atoms with Crippen molar-refractivity contribution < 1.29 is 4.74 Å². The summed E-state index contributed by atoms with van der Waals surface area (Å²) in [6, 6.07) is 10.5. The van der Waals surface area contributed by atoms with Crippen LogP contribution in [0.3, 0.4) is 0 Å². The summed E-state index contributed by atoms with van der Waals surface area (Å²) in [6.45, 7) is 4.10. The van der Waals surface area contributed by atoms with E-state index in [0.29, 0.717) is 11.2 Å². The molecule has 1 N–H and O–H groups in total. The van der Waals surface area contributed by atoms with Gasteiger partial charge in [0.25, 0.3) is 0 Å². The van der Waals surface area contributed by atoms with Crippen LogP contribution in [0.4, 0.5) is 5.69 Å². The Balaban J connectivity index is 1.97. The van der Waals surface area contributed by atoms with E-state index < -0.39 is 0 Å². The average Bonchev–Trinajstić information content (AvgIpc) is 2.44. The number of anilines is 1. The van der Waals surface area contributed by atoms with Crippen molar-refractivity contribution in [2.45, 2.75) is 26.3 Å². The maximum atomic E-state index is 5.92. The lowest BCUT2D eigenvalue weighted by Crippen LogP contribution is -2.18. The second kappa shape index (κ2) is 6.62. The maximum Gasteiger partial charge on any atom is 0.132 e. The fourth-order valence-electron chi connectivity index (χ4n) is 2.09. The Bertz CT molecular complexity index is 569. The van der Waals surface area contributed by atoms with E-state index in [9.17, 15) is 0 Å². The molecule has 0 radical (unpaired) electrons. The standard InChI is InChI=1S/C16H19ClN2O/c1-11-8-14(10-18-16(11)17)19-12(2)9-13-4-6-15(20-3)7-5-13/h4-8,10,12,19H,9H2,1-3H3. The number of rotatable bonds is 5. The predicted octanol–water partition coefficient (Wildman–Crippen LogP) is 4.10. The molecule has 0 amide bonds. The van der Waals surface area contributed by atoms with E-state index in [1.165, 1.54) is 5.56 Å². The lowest BCUT2D eigenvalue weighted by molar-refractivity contribution is 0.414. The monoisotopic (exact) mass is 290 g/mol. The lowest BCUT2D eigenvalue weighted by Gasteiger charge is -2.16. The largest absolute Gasteiger partial charge is 0.497 e. The van der Waals surface area contributed by atoms with Gasteiger partial charge in [-0.05, 0) is 49.6 Å². The third-order valence-electron chi connectivity index (χ3n) is 3.13. The molecule has 0 spiro atoms. The van der Waals surface area contributed by atoms with Crippen LogP contribution < -0.4 is 10.1 Å². The summed E-state index contributed by atoms with van der Waals surface area (Å²) in [6.07, 6.45) is 2.70. The number of aryl methyl sites for hydroxylation is 1. The van der Waals surface area contributed by atoms with Crippen molar-refractivity contribution in [1.82, 2.24) is 4.98 Å². The van der Waals surface area contributed by atoms with Crippen molar-refractivity contribution >= 4 is 17.3 Å². The molecule has 0 fully saturated rings. The summed E-state index contributed by atoms with van der Waals surface area (Å²) in [5.74, 6) is 0.881. The van der Waals surface area contributed by atoms with Gasteiger partial charge in [-0.2, -0.15) is 0 Å². The van der Waals surface area contributed by atoms with Gasteiger partial charge in [0.05, 0.1) is 19.0 Å². The highest BCUT2D eigenvalue weighted by Crippen LogP contribution is 2.18. The Hall–Kier alpha value is -1.74. The number of nitrogens with one attached hydrogen (secondary N) is 1. The first-order chi connectivity index (χ1) is 9.58. The van der Waals surface area contributed by atoms with Crippen molar-refractivity contribution in [3.8, 4) is 5.75 Å². The SMILES string of the molecule is COc1ccc(CC(C)Nc2cnc(Cl)c(C)c2)cc1. The van der Waals surface area contributed by atoms with Crippen molar-refractivity contribution in [3.63, 3.8) is 0 Å². The average molecular weight is 291 g/mol. The highest BCUT2D eigenvalue weighted by molar-refractivity contribution is 6.30. The molecule has 0 aliphatic rings. The predicted molar refractivity (Wildman–Crippen MR) is 83.8 cm³/mol.